The highest BCUT2D eigenvalue weighted by atomic mass is 79.9. The SMILES string of the molecule is CC12CCC3C4CCC(=O)C(Br)=C4CCC3C1CCC2O. The maximum absolute atomic E-state index is 11.9. The van der Waals surface area contributed by atoms with Crippen LogP contribution in [0.5, 0.6) is 0 Å². The molecule has 0 aliphatic heterocycles. The zero-order valence-corrected chi connectivity index (χ0v) is 14.4. The lowest BCUT2D eigenvalue weighted by atomic mass is 9.52. The molecular formula is C18H25BrO2. The molecule has 21 heavy (non-hydrogen) atoms. The molecular weight excluding hydrogens is 328 g/mol. The molecule has 0 heterocycles. The number of halogens is 1. The number of fused-ring (bicyclic) bond motifs is 5. The van der Waals surface area contributed by atoms with E-state index in [1.54, 1.807) is 0 Å². The smallest absolute Gasteiger partial charge is 0.169 e. The van der Waals surface area contributed by atoms with Crippen LogP contribution in [0.1, 0.15) is 58.3 Å². The monoisotopic (exact) mass is 352 g/mol. The second-order valence-electron chi connectivity index (χ2n) is 8.02. The Labute approximate surface area is 135 Å². The predicted molar refractivity (Wildman–Crippen MR) is 86.0 cm³/mol. The summed E-state index contributed by atoms with van der Waals surface area (Å²) in [6, 6.07) is 0. The molecule has 3 fully saturated rings. The Morgan fingerprint density at radius 3 is 2.71 bits per heavy atom. The molecule has 116 valence electrons. The standard InChI is InChI=1S/C18H25BrO2/c1-18-9-8-11-10-4-6-15(20)17(19)13(10)3-2-12(11)14(18)5-7-16(18)21/h10-12,14,16,21H,2-9H2,1H3. The summed E-state index contributed by atoms with van der Waals surface area (Å²) in [6.45, 7) is 2.33. The molecule has 0 aromatic carbocycles. The van der Waals surface area contributed by atoms with Crippen LogP contribution in [0, 0.1) is 29.1 Å². The first-order valence-electron chi connectivity index (χ1n) is 8.62. The molecule has 3 heteroatoms. The van der Waals surface area contributed by atoms with Gasteiger partial charge in [0, 0.05) is 6.42 Å². The molecule has 3 saturated carbocycles. The summed E-state index contributed by atoms with van der Waals surface area (Å²) >= 11 is 3.58. The Balaban J connectivity index is 1.66. The highest BCUT2D eigenvalue weighted by Gasteiger charge is 2.56. The summed E-state index contributed by atoms with van der Waals surface area (Å²) < 4.78 is 0.914. The van der Waals surface area contributed by atoms with E-state index in [1.165, 1.54) is 31.3 Å². The number of carbonyl (C=O) groups is 1. The zero-order valence-electron chi connectivity index (χ0n) is 12.8. The van der Waals surface area contributed by atoms with Gasteiger partial charge in [0.25, 0.3) is 0 Å². The quantitative estimate of drug-likeness (QED) is 0.708. The van der Waals surface area contributed by atoms with Crippen molar-refractivity contribution in [3.63, 3.8) is 0 Å². The van der Waals surface area contributed by atoms with Gasteiger partial charge < -0.3 is 5.11 Å². The van der Waals surface area contributed by atoms with Gasteiger partial charge in [0.05, 0.1) is 10.6 Å². The highest BCUT2D eigenvalue weighted by Crippen LogP contribution is 2.62. The van der Waals surface area contributed by atoms with Crippen LogP contribution in [0.3, 0.4) is 0 Å². The second kappa shape index (κ2) is 4.92. The summed E-state index contributed by atoms with van der Waals surface area (Å²) in [6.07, 6.45) is 8.67. The van der Waals surface area contributed by atoms with Gasteiger partial charge in [-0.1, -0.05) is 6.92 Å². The Hall–Kier alpha value is -0.150. The fraction of sp³-hybridized carbons (Fsp3) is 0.833. The van der Waals surface area contributed by atoms with Crippen molar-refractivity contribution in [3.8, 4) is 0 Å². The maximum Gasteiger partial charge on any atom is 0.169 e. The number of aliphatic hydroxyl groups excluding tert-OH is 1. The molecule has 4 rings (SSSR count). The fourth-order valence-electron chi connectivity index (χ4n) is 6.21. The Morgan fingerprint density at radius 1 is 1.10 bits per heavy atom. The minimum atomic E-state index is -0.0833. The normalized spacial score (nSPS) is 49.7. The van der Waals surface area contributed by atoms with Crippen molar-refractivity contribution in [1.29, 1.82) is 0 Å². The lowest BCUT2D eigenvalue weighted by Crippen LogP contribution is -2.47. The molecule has 6 unspecified atom stereocenters. The van der Waals surface area contributed by atoms with Gasteiger partial charge in [0.2, 0.25) is 0 Å². The molecule has 6 atom stereocenters. The van der Waals surface area contributed by atoms with Gasteiger partial charge in [-0.2, -0.15) is 0 Å². The van der Waals surface area contributed by atoms with Crippen molar-refractivity contribution < 1.29 is 9.90 Å². The number of rotatable bonds is 0. The molecule has 0 aromatic rings. The first kappa shape index (κ1) is 14.4. The van der Waals surface area contributed by atoms with Crippen molar-refractivity contribution in [2.45, 2.75) is 64.4 Å². The number of carbonyl (C=O) groups excluding carboxylic acids is 1. The summed E-state index contributed by atoms with van der Waals surface area (Å²) in [5.74, 6) is 3.21. The number of hydrogen-bond donors (Lipinski definition) is 1. The van der Waals surface area contributed by atoms with Crippen molar-refractivity contribution in [1.82, 2.24) is 0 Å². The van der Waals surface area contributed by atoms with Crippen LogP contribution in [0.25, 0.3) is 0 Å². The minimum Gasteiger partial charge on any atom is -0.393 e. The van der Waals surface area contributed by atoms with Gasteiger partial charge in [0.15, 0.2) is 5.78 Å². The highest BCUT2D eigenvalue weighted by molar-refractivity contribution is 9.12. The molecule has 0 saturated heterocycles. The third-order valence-corrected chi connectivity index (χ3v) is 8.31. The van der Waals surface area contributed by atoms with E-state index < -0.39 is 0 Å². The van der Waals surface area contributed by atoms with Crippen LogP contribution in [0.2, 0.25) is 0 Å². The van der Waals surface area contributed by atoms with Gasteiger partial charge in [-0.25, -0.2) is 0 Å². The molecule has 0 aromatic heterocycles. The molecule has 0 amide bonds. The van der Waals surface area contributed by atoms with E-state index in [0.29, 0.717) is 17.6 Å². The van der Waals surface area contributed by atoms with Crippen molar-refractivity contribution in [2.24, 2.45) is 29.1 Å². The van der Waals surface area contributed by atoms with Crippen molar-refractivity contribution in [2.75, 3.05) is 0 Å². The molecule has 1 N–H and O–H groups in total. The van der Waals surface area contributed by atoms with Gasteiger partial charge in [-0.05, 0) is 95.5 Å². The lowest BCUT2D eigenvalue weighted by molar-refractivity contribution is -0.116. The molecule has 4 aliphatic carbocycles. The zero-order chi connectivity index (χ0) is 14.8. The van der Waals surface area contributed by atoms with Crippen LogP contribution < -0.4 is 0 Å². The molecule has 2 nitrogen and oxygen atoms in total. The summed E-state index contributed by atoms with van der Waals surface area (Å²) in [5.41, 5.74) is 1.60. The number of hydrogen-bond acceptors (Lipinski definition) is 2. The fourth-order valence-corrected chi connectivity index (χ4v) is 6.90. The number of Topliss-reactive ketones (excluding diaryl/α,β-unsaturated/α-hetero) is 1. The average molecular weight is 353 g/mol. The van der Waals surface area contributed by atoms with Gasteiger partial charge in [-0.3, -0.25) is 4.79 Å². The van der Waals surface area contributed by atoms with Crippen LogP contribution in [-0.4, -0.2) is 17.0 Å². The van der Waals surface area contributed by atoms with E-state index >= 15 is 0 Å². The Morgan fingerprint density at radius 2 is 1.90 bits per heavy atom. The number of aliphatic hydroxyl groups is 1. The third kappa shape index (κ3) is 1.96. The Kier molecular flexibility index (Phi) is 3.39. The van der Waals surface area contributed by atoms with Crippen LogP contribution in [0.4, 0.5) is 0 Å². The molecule has 0 spiro atoms. The minimum absolute atomic E-state index is 0.0833. The van der Waals surface area contributed by atoms with E-state index in [2.05, 4.69) is 22.9 Å². The van der Waals surface area contributed by atoms with E-state index in [9.17, 15) is 9.90 Å². The van der Waals surface area contributed by atoms with E-state index in [0.717, 1.165) is 42.0 Å². The summed E-state index contributed by atoms with van der Waals surface area (Å²) in [4.78, 5) is 11.9. The summed E-state index contributed by atoms with van der Waals surface area (Å²) in [7, 11) is 0. The van der Waals surface area contributed by atoms with Crippen LogP contribution in [-0.2, 0) is 4.79 Å². The first-order valence-corrected chi connectivity index (χ1v) is 9.41. The van der Waals surface area contributed by atoms with Crippen molar-refractivity contribution in [3.05, 3.63) is 10.1 Å². The average Bonchev–Trinajstić information content (AvgIpc) is 2.78. The van der Waals surface area contributed by atoms with Crippen LogP contribution in [0.15, 0.2) is 10.1 Å². The van der Waals surface area contributed by atoms with Gasteiger partial charge in [0.1, 0.15) is 0 Å². The molecule has 0 radical (unpaired) electrons. The Bertz CT molecular complexity index is 511. The number of ketones is 1. The van der Waals surface area contributed by atoms with E-state index in [-0.39, 0.29) is 11.5 Å². The van der Waals surface area contributed by atoms with E-state index in [1.807, 2.05) is 0 Å². The van der Waals surface area contributed by atoms with Crippen molar-refractivity contribution >= 4 is 21.7 Å². The largest absolute Gasteiger partial charge is 0.393 e. The van der Waals surface area contributed by atoms with Gasteiger partial charge >= 0.3 is 0 Å². The predicted octanol–water partition coefficient (Wildman–Crippen LogP) is 4.21. The maximum atomic E-state index is 11.9. The third-order valence-electron chi connectivity index (χ3n) is 7.36. The lowest BCUT2D eigenvalue weighted by Gasteiger charge is -2.53. The molecule has 0 bridgehead atoms. The second-order valence-corrected chi connectivity index (χ2v) is 8.81. The first-order chi connectivity index (χ1) is 10.0. The van der Waals surface area contributed by atoms with Crippen LogP contribution >= 0.6 is 15.9 Å². The van der Waals surface area contributed by atoms with E-state index in [4.69, 9.17) is 0 Å². The summed E-state index contributed by atoms with van der Waals surface area (Å²) in [5, 5.41) is 10.4. The molecule has 4 aliphatic rings. The topological polar surface area (TPSA) is 37.3 Å². The van der Waals surface area contributed by atoms with Gasteiger partial charge in [-0.15, -0.1) is 0 Å². The number of allylic oxidation sites excluding steroid dienone is 1.